The SMILES string of the molecule is O=C(CC1Sc2ccccc2NC1=O)NCc1nc2ccccc2[nH]1. The maximum Gasteiger partial charge on any atom is 0.238 e. The smallest absolute Gasteiger partial charge is 0.238 e. The van der Waals surface area contributed by atoms with Crippen LogP contribution in [0.2, 0.25) is 0 Å². The Bertz CT molecular complexity index is 920. The van der Waals surface area contributed by atoms with E-state index in [-0.39, 0.29) is 18.2 Å². The van der Waals surface area contributed by atoms with Gasteiger partial charge in [-0.05, 0) is 24.3 Å². The van der Waals surface area contributed by atoms with Gasteiger partial charge in [-0.15, -0.1) is 11.8 Å². The van der Waals surface area contributed by atoms with Crippen LogP contribution < -0.4 is 10.6 Å². The number of hydrogen-bond acceptors (Lipinski definition) is 4. The van der Waals surface area contributed by atoms with Crippen molar-refractivity contribution in [2.75, 3.05) is 5.32 Å². The number of nitrogens with one attached hydrogen (secondary N) is 3. The van der Waals surface area contributed by atoms with Crippen molar-refractivity contribution in [2.45, 2.75) is 23.1 Å². The molecule has 2 heterocycles. The van der Waals surface area contributed by atoms with Crippen molar-refractivity contribution in [1.29, 1.82) is 0 Å². The number of imidazole rings is 1. The molecule has 1 atom stereocenters. The number of aromatic nitrogens is 2. The average molecular weight is 352 g/mol. The predicted octanol–water partition coefficient (Wildman–Crippen LogP) is 2.68. The minimum atomic E-state index is -0.425. The maximum absolute atomic E-state index is 12.2. The van der Waals surface area contributed by atoms with Gasteiger partial charge in [0.1, 0.15) is 5.82 Å². The molecule has 0 spiro atoms. The first-order valence-corrected chi connectivity index (χ1v) is 8.84. The molecule has 1 aromatic heterocycles. The zero-order valence-corrected chi connectivity index (χ0v) is 14.1. The first-order valence-electron chi connectivity index (χ1n) is 7.96. The Kier molecular flexibility index (Phi) is 4.15. The molecule has 0 fully saturated rings. The summed E-state index contributed by atoms with van der Waals surface area (Å²) in [6.45, 7) is 0.309. The fraction of sp³-hybridized carbons (Fsp3) is 0.167. The molecule has 1 aliphatic heterocycles. The Morgan fingerprint density at radius 3 is 2.84 bits per heavy atom. The summed E-state index contributed by atoms with van der Waals surface area (Å²) in [5, 5.41) is 5.25. The van der Waals surface area contributed by atoms with E-state index in [0.29, 0.717) is 12.4 Å². The van der Waals surface area contributed by atoms with Gasteiger partial charge in [-0.2, -0.15) is 0 Å². The lowest BCUT2D eigenvalue weighted by Gasteiger charge is -2.23. The fourth-order valence-electron chi connectivity index (χ4n) is 2.74. The van der Waals surface area contributed by atoms with Crippen LogP contribution in [0.15, 0.2) is 53.4 Å². The van der Waals surface area contributed by atoms with E-state index >= 15 is 0 Å². The van der Waals surface area contributed by atoms with Crippen LogP contribution in [0.4, 0.5) is 5.69 Å². The molecule has 3 N–H and O–H groups in total. The van der Waals surface area contributed by atoms with Gasteiger partial charge in [-0.25, -0.2) is 4.98 Å². The Morgan fingerprint density at radius 1 is 1.16 bits per heavy atom. The van der Waals surface area contributed by atoms with Gasteiger partial charge in [-0.3, -0.25) is 9.59 Å². The van der Waals surface area contributed by atoms with E-state index < -0.39 is 5.25 Å². The zero-order chi connectivity index (χ0) is 17.2. The number of carbonyl (C=O) groups is 2. The van der Waals surface area contributed by atoms with Gasteiger partial charge < -0.3 is 15.6 Å². The molecule has 0 radical (unpaired) electrons. The molecule has 4 rings (SSSR count). The van der Waals surface area contributed by atoms with Gasteiger partial charge in [0.2, 0.25) is 11.8 Å². The normalized spacial score (nSPS) is 16.3. The van der Waals surface area contributed by atoms with Crippen LogP contribution in [-0.4, -0.2) is 27.0 Å². The Morgan fingerprint density at radius 2 is 1.96 bits per heavy atom. The number of thioether (sulfide) groups is 1. The largest absolute Gasteiger partial charge is 0.349 e. The lowest BCUT2D eigenvalue weighted by molar-refractivity contribution is -0.124. The van der Waals surface area contributed by atoms with E-state index in [4.69, 9.17) is 0 Å². The third kappa shape index (κ3) is 3.36. The molecule has 126 valence electrons. The van der Waals surface area contributed by atoms with Crippen molar-refractivity contribution in [3.8, 4) is 0 Å². The summed E-state index contributed by atoms with van der Waals surface area (Å²) in [5.74, 6) is 0.385. The van der Waals surface area contributed by atoms with Crippen LogP contribution in [-0.2, 0) is 16.1 Å². The van der Waals surface area contributed by atoms with E-state index in [1.807, 2.05) is 48.5 Å². The second kappa shape index (κ2) is 6.60. The first kappa shape index (κ1) is 15.7. The van der Waals surface area contributed by atoms with Crippen LogP contribution in [0.1, 0.15) is 12.2 Å². The highest BCUT2D eigenvalue weighted by atomic mass is 32.2. The summed E-state index contributed by atoms with van der Waals surface area (Å²) in [5.41, 5.74) is 2.60. The summed E-state index contributed by atoms with van der Waals surface area (Å²) in [7, 11) is 0. The van der Waals surface area contributed by atoms with Crippen LogP contribution in [0.25, 0.3) is 11.0 Å². The minimum absolute atomic E-state index is 0.130. The van der Waals surface area contributed by atoms with Crippen molar-refractivity contribution in [2.24, 2.45) is 0 Å². The molecule has 6 nitrogen and oxygen atoms in total. The molecule has 2 amide bonds. The summed E-state index contributed by atoms with van der Waals surface area (Å²) in [4.78, 5) is 32.9. The fourth-order valence-corrected chi connectivity index (χ4v) is 3.85. The van der Waals surface area contributed by atoms with Crippen molar-refractivity contribution in [3.05, 3.63) is 54.4 Å². The molecule has 25 heavy (non-hydrogen) atoms. The number of benzene rings is 2. The molecular formula is C18H16N4O2S. The number of nitrogens with zero attached hydrogens (tertiary/aromatic N) is 1. The zero-order valence-electron chi connectivity index (χ0n) is 13.3. The van der Waals surface area contributed by atoms with Crippen LogP contribution in [0.3, 0.4) is 0 Å². The number of amides is 2. The number of fused-ring (bicyclic) bond motifs is 2. The summed E-state index contributed by atoms with van der Waals surface area (Å²) >= 11 is 1.42. The standard InChI is InChI=1S/C18H16N4O2S/c23-17(19-10-16-20-11-5-1-2-6-12(11)21-16)9-15-18(24)22-13-7-3-4-8-14(13)25-15/h1-8,15H,9-10H2,(H,19,23)(H,20,21)(H,22,24). The maximum atomic E-state index is 12.2. The van der Waals surface area contributed by atoms with Crippen molar-refractivity contribution >= 4 is 40.3 Å². The van der Waals surface area contributed by atoms with Crippen molar-refractivity contribution < 1.29 is 9.59 Å². The van der Waals surface area contributed by atoms with Crippen molar-refractivity contribution in [1.82, 2.24) is 15.3 Å². The molecular weight excluding hydrogens is 336 g/mol. The molecule has 0 saturated heterocycles. The lowest BCUT2D eigenvalue weighted by Crippen LogP contribution is -2.34. The van der Waals surface area contributed by atoms with Gasteiger partial charge in [0, 0.05) is 11.3 Å². The Labute approximate surface area is 148 Å². The second-order valence-electron chi connectivity index (χ2n) is 5.77. The first-order chi connectivity index (χ1) is 12.2. The van der Waals surface area contributed by atoms with Gasteiger partial charge >= 0.3 is 0 Å². The highest BCUT2D eigenvalue weighted by Crippen LogP contribution is 2.36. The number of H-pyrrole nitrogens is 1. The Balaban J connectivity index is 1.36. The molecule has 3 aromatic rings. The quantitative estimate of drug-likeness (QED) is 0.674. The highest BCUT2D eigenvalue weighted by Gasteiger charge is 2.28. The van der Waals surface area contributed by atoms with Gasteiger partial charge in [0.15, 0.2) is 0 Å². The topological polar surface area (TPSA) is 86.9 Å². The van der Waals surface area contributed by atoms with Gasteiger partial charge in [0.05, 0.1) is 28.5 Å². The monoisotopic (exact) mass is 352 g/mol. The molecule has 0 aliphatic carbocycles. The van der Waals surface area contributed by atoms with E-state index in [1.165, 1.54) is 11.8 Å². The number of anilines is 1. The second-order valence-corrected chi connectivity index (χ2v) is 7.02. The number of aromatic amines is 1. The van der Waals surface area contributed by atoms with Crippen molar-refractivity contribution in [3.63, 3.8) is 0 Å². The Hall–Kier alpha value is -2.80. The molecule has 2 aromatic carbocycles. The third-order valence-corrected chi connectivity index (χ3v) is 5.24. The number of carbonyl (C=O) groups excluding carboxylic acids is 2. The number of para-hydroxylation sites is 3. The van der Waals surface area contributed by atoms with E-state index in [1.54, 1.807) is 0 Å². The number of hydrogen-bond donors (Lipinski definition) is 3. The van der Waals surface area contributed by atoms with E-state index in [9.17, 15) is 9.59 Å². The highest BCUT2D eigenvalue weighted by molar-refractivity contribution is 8.01. The molecule has 1 unspecified atom stereocenters. The molecule has 0 bridgehead atoms. The summed E-state index contributed by atoms with van der Waals surface area (Å²) in [6, 6.07) is 15.3. The molecule has 0 saturated carbocycles. The average Bonchev–Trinajstić information content (AvgIpc) is 3.03. The van der Waals surface area contributed by atoms with Gasteiger partial charge in [-0.1, -0.05) is 24.3 Å². The summed E-state index contributed by atoms with van der Waals surface area (Å²) in [6.07, 6.45) is 0.130. The van der Waals surface area contributed by atoms with E-state index in [2.05, 4.69) is 20.6 Å². The van der Waals surface area contributed by atoms with Gasteiger partial charge in [0.25, 0.3) is 0 Å². The predicted molar refractivity (Wildman–Crippen MR) is 97.3 cm³/mol. The number of rotatable bonds is 4. The lowest BCUT2D eigenvalue weighted by atomic mass is 10.2. The van der Waals surface area contributed by atoms with Crippen LogP contribution >= 0.6 is 11.8 Å². The summed E-state index contributed by atoms with van der Waals surface area (Å²) < 4.78 is 0. The molecule has 1 aliphatic rings. The van der Waals surface area contributed by atoms with Crippen LogP contribution in [0, 0.1) is 0 Å². The minimum Gasteiger partial charge on any atom is -0.349 e. The van der Waals surface area contributed by atoms with Crippen LogP contribution in [0.5, 0.6) is 0 Å². The van der Waals surface area contributed by atoms with E-state index in [0.717, 1.165) is 21.6 Å². The molecule has 7 heteroatoms. The third-order valence-electron chi connectivity index (χ3n) is 3.97.